The lowest BCUT2D eigenvalue weighted by Gasteiger charge is -2.67. The Bertz CT molecular complexity index is 616. The van der Waals surface area contributed by atoms with E-state index in [0.717, 1.165) is 35.5 Å². The van der Waals surface area contributed by atoms with Crippen LogP contribution in [0.25, 0.3) is 0 Å². The van der Waals surface area contributed by atoms with Gasteiger partial charge in [-0.05, 0) is 109 Å². The minimum absolute atomic E-state index is 0.572. The molecule has 0 N–H and O–H groups in total. The van der Waals surface area contributed by atoms with Gasteiger partial charge >= 0.3 is 0 Å². The molecule has 0 amide bonds. The minimum atomic E-state index is 0.572. The predicted molar refractivity (Wildman–Crippen MR) is 131 cm³/mol. The minimum Gasteiger partial charge on any atom is -0.0628 e. The molecule has 0 heteroatoms. The summed E-state index contributed by atoms with van der Waals surface area (Å²) in [6.45, 7) is 20.9. The van der Waals surface area contributed by atoms with Crippen molar-refractivity contribution < 1.29 is 0 Å². The summed E-state index contributed by atoms with van der Waals surface area (Å²) in [5.74, 6) is 5.74. The van der Waals surface area contributed by atoms with Crippen molar-refractivity contribution in [1.82, 2.24) is 0 Å². The lowest BCUT2D eigenvalue weighted by Crippen LogP contribution is -2.59. The zero-order valence-electron chi connectivity index (χ0n) is 21.9. The van der Waals surface area contributed by atoms with E-state index in [1.807, 2.05) is 0 Å². The van der Waals surface area contributed by atoms with Crippen LogP contribution in [0.1, 0.15) is 132 Å². The van der Waals surface area contributed by atoms with Crippen LogP contribution in [0.3, 0.4) is 0 Å². The van der Waals surface area contributed by atoms with E-state index < -0.39 is 0 Å². The maximum absolute atomic E-state index is 2.78. The zero-order chi connectivity index (χ0) is 21.9. The van der Waals surface area contributed by atoms with Crippen LogP contribution in [0.5, 0.6) is 0 Å². The van der Waals surface area contributed by atoms with Gasteiger partial charge < -0.3 is 0 Å². The molecule has 0 nitrogen and oxygen atoms in total. The molecular weight excluding hydrogens is 360 g/mol. The van der Waals surface area contributed by atoms with Crippen LogP contribution in [-0.4, -0.2) is 0 Å². The van der Waals surface area contributed by atoms with E-state index in [0.29, 0.717) is 21.7 Å². The van der Waals surface area contributed by atoms with Crippen molar-refractivity contribution in [2.45, 2.75) is 132 Å². The Balaban J connectivity index is 1.55. The standard InChI is InChI=1S/C30H54/c1-21(2)11-9-12-22(3)23-15-19-30(8)25-13-14-26-27(4,5)17-10-18-28(26,6)24(25)16-20-29(23,30)7/h21-26H,9-20H2,1-8H3/t22-,23+,24+,25-,26-,28-,29+,30-/m1/s1. The van der Waals surface area contributed by atoms with Gasteiger partial charge in [0.15, 0.2) is 0 Å². The summed E-state index contributed by atoms with van der Waals surface area (Å²) in [5.41, 5.74) is 2.39. The molecule has 4 saturated carbocycles. The van der Waals surface area contributed by atoms with Crippen LogP contribution in [0.4, 0.5) is 0 Å². The highest BCUT2D eigenvalue weighted by Crippen LogP contribution is 2.74. The number of hydrogen-bond acceptors (Lipinski definition) is 0. The van der Waals surface area contributed by atoms with Gasteiger partial charge in [0.1, 0.15) is 0 Å². The average molecular weight is 415 g/mol. The summed E-state index contributed by atoms with van der Waals surface area (Å²) in [5, 5.41) is 0. The van der Waals surface area contributed by atoms with Crippen LogP contribution in [0.2, 0.25) is 0 Å². The van der Waals surface area contributed by atoms with E-state index in [2.05, 4.69) is 55.4 Å². The number of rotatable bonds is 5. The highest BCUT2D eigenvalue weighted by molar-refractivity contribution is 5.15. The summed E-state index contributed by atoms with van der Waals surface area (Å²) >= 11 is 0. The smallest absolute Gasteiger partial charge is 0.0238 e. The lowest BCUT2D eigenvalue weighted by atomic mass is 9.38. The maximum Gasteiger partial charge on any atom is -0.0238 e. The van der Waals surface area contributed by atoms with Gasteiger partial charge in [-0.15, -0.1) is 0 Å². The van der Waals surface area contributed by atoms with Gasteiger partial charge in [0, 0.05) is 0 Å². The second kappa shape index (κ2) is 7.80. The largest absolute Gasteiger partial charge is 0.0628 e. The van der Waals surface area contributed by atoms with Crippen LogP contribution in [-0.2, 0) is 0 Å². The molecule has 0 bridgehead atoms. The molecule has 4 rings (SSSR count). The average Bonchev–Trinajstić information content (AvgIpc) is 2.92. The lowest BCUT2D eigenvalue weighted by molar-refractivity contribution is -0.179. The van der Waals surface area contributed by atoms with E-state index >= 15 is 0 Å². The third-order valence-electron chi connectivity index (χ3n) is 12.4. The second-order valence-electron chi connectivity index (χ2n) is 14.5. The third-order valence-corrected chi connectivity index (χ3v) is 12.4. The normalized spacial score (nSPS) is 48.7. The van der Waals surface area contributed by atoms with Crippen molar-refractivity contribution in [2.24, 2.45) is 57.2 Å². The summed E-state index contributed by atoms with van der Waals surface area (Å²) < 4.78 is 0. The van der Waals surface area contributed by atoms with Crippen LogP contribution >= 0.6 is 0 Å². The first kappa shape index (κ1) is 23.2. The number of fused-ring (bicyclic) bond motifs is 5. The van der Waals surface area contributed by atoms with Crippen molar-refractivity contribution in [3.05, 3.63) is 0 Å². The van der Waals surface area contributed by atoms with Gasteiger partial charge in [0.25, 0.3) is 0 Å². The van der Waals surface area contributed by atoms with Crippen molar-refractivity contribution in [3.8, 4) is 0 Å². The van der Waals surface area contributed by atoms with Gasteiger partial charge in [-0.3, -0.25) is 0 Å². The maximum atomic E-state index is 2.78. The molecular formula is C30H54. The SMILES string of the molecule is CC(C)CCC[C@@H](C)[C@@H]1CC[C@]2(C)[C@@H]3CC[C@@H]4C(C)(C)CCC[C@]4(C)[C@H]3CC[C@@]12C. The molecule has 30 heavy (non-hydrogen) atoms. The van der Waals surface area contributed by atoms with Crippen molar-refractivity contribution in [1.29, 1.82) is 0 Å². The topological polar surface area (TPSA) is 0 Å². The second-order valence-corrected chi connectivity index (χ2v) is 14.5. The molecule has 0 radical (unpaired) electrons. The summed E-state index contributed by atoms with van der Waals surface area (Å²) in [6.07, 6.45) is 18.0. The van der Waals surface area contributed by atoms with Crippen LogP contribution in [0, 0.1) is 57.2 Å². The fourth-order valence-electron chi connectivity index (χ4n) is 10.6. The van der Waals surface area contributed by atoms with Gasteiger partial charge in [-0.2, -0.15) is 0 Å². The predicted octanol–water partition coefficient (Wildman–Crippen LogP) is 9.52. The van der Waals surface area contributed by atoms with Gasteiger partial charge in [0.2, 0.25) is 0 Å². The number of hydrogen-bond donors (Lipinski definition) is 0. The first-order chi connectivity index (χ1) is 14.0. The fourth-order valence-corrected chi connectivity index (χ4v) is 10.6. The zero-order valence-corrected chi connectivity index (χ0v) is 21.9. The Morgan fingerprint density at radius 2 is 1.40 bits per heavy atom. The molecule has 0 aromatic carbocycles. The van der Waals surface area contributed by atoms with E-state index in [1.54, 1.807) is 0 Å². The molecule has 0 aromatic rings. The molecule has 0 unspecified atom stereocenters. The Hall–Kier alpha value is 0. The Kier molecular flexibility index (Phi) is 6.02. The Morgan fingerprint density at radius 1 is 0.700 bits per heavy atom. The van der Waals surface area contributed by atoms with Gasteiger partial charge in [-0.25, -0.2) is 0 Å². The quantitative estimate of drug-likeness (QED) is 0.420. The Labute approximate surface area is 189 Å². The highest BCUT2D eigenvalue weighted by Gasteiger charge is 2.66. The molecule has 4 aliphatic rings. The molecule has 4 fully saturated rings. The van der Waals surface area contributed by atoms with Crippen molar-refractivity contribution in [2.75, 3.05) is 0 Å². The highest BCUT2D eigenvalue weighted by atomic mass is 14.7. The van der Waals surface area contributed by atoms with E-state index in [4.69, 9.17) is 0 Å². The first-order valence-electron chi connectivity index (χ1n) is 14.0. The molecule has 8 atom stereocenters. The van der Waals surface area contributed by atoms with Gasteiger partial charge in [0.05, 0.1) is 0 Å². The van der Waals surface area contributed by atoms with Crippen molar-refractivity contribution in [3.63, 3.8) is 0 Å². The molecule has 174 valence electrons. The molecule has 0 heterocycles. The molecule has 4 aliphatic carbocycles. The van der Waals surface area contributed by atoms with E-state index in [1.165, 1.54) is 77.0 Å². The molecule has 0 aliphatic heterocycles. The molecule has 0 aromatic heterocycles. The fraction of sp³-hybridized carbons (Fsp3) is 1.00. The third kappa shape index (κ3) is 3.36. The summed E-state index contributed by atoms with van der Waals surface area (Å²) in [4.78, 5) is 0. The first-order valence-corrected chi connectivity index (χ1v) is 14.0. The van der Waals surface area contributed by atoms with Gasteiger partial charge in [-0.1, -0.05) is 81.1 Å². The van der Waals surface area contributed by atoms with Crippen LogP contribution in [0.15, 0.2) is 0 Å². The monoisotopic (exact) mass is 414 g/mol. The van der Waals surface area contributed by atoms with Crippen molar-refractivity contribution >= 4 is 0 Å². The van der Waals surface area contributed by atoms with E-state index in [9.17, 15) is 0 Å². The van der Waals surface area contributed by atoms with Crippen LogP contribution < -0.4 is 0 Å². The van der Waals surface area contributed by atoms with E-state index in [-0.39, 0.29) is 0 Å². The molecule has 0 spiro atoms. The Morgan fingerprint density at radius 3 is 2.10 bits per heavy atom. The molecule has 0 saturated heterocycles. The summed E-state index contributed by atoms with van der Waals surface area (Å²) in [6, 6.07) is 0. The summed E-state index contributed by atoms with van der Waals surface area (Å²) in [7, 11) is 0.